The zero-order chi connectivity index (χ0) is 18.8. The van der Waals surface area contributed by atoms with Crippen LogP contribution >= 0.6 is 27.5 Å². The molecule has 0 aromatic heterocycles. The van der Waals surface area contributed by atoms with E-state index in [1.54, 1.807) is 0 Å². The summed E-state index contributed by atoms with van der Waals surface area (Å²) in [5.74, 6) is -0.566. The number of carbonyl (C=O) groups is 1. The van der Waals surface area contributed by atoms with E-state index in [9.17, 15) is 26.4 Å². The van der Waals surface area contributed by atoms with Crippen LogP contribution in [-0.4, -0.2) is 20.0 Å². The van der Waals surface area contributed by atoms with E-state index in [0.29, 0.717) is 0 Å². The lowest BCUT2D eigenvalue weighted by Gasteiger charge is -2.13. The Morgan fingerprint density at radius 2 is 1.72 bits per heavy atom. The lowest BCUT2D eigenvalue weighted by atomic mass is 10.2. The third-order valence-corrected chi connectivity index (χ3v) is 5.06. The van der Waals surface area contributed by atoms with Gasteiger partial charge in [0.2, 0.25) is 0 Å². The average molecular weight is 459 g/mol. The molecular formula is C14H8BrClF3NO4S. The first-order chi connectivity index (χ1) is 11.5. The Bertz CT molecular complexity index is 901. The van der Waals surface area contributed by atoms with Crippen molar-refractivity contribution in [1.29, 1.82) is 0 Å². The van der Waals surface area contributed by atoms with Gasteiger partial charge in [-0.1, -0.05) is 6.07 Å². The summed E-state index contributed by atoms with van der Waals surface area (Å²) in [6, 6.07) is 7.87. The minimum Gasteiger partial charge on any atom is -0.406 e. The molecular weight excluding hydrogens is 451 g/mol. The van der Waals surface area contributed by atoms with Gasteiger partial charge in [0.05, 0.1) is 16.1 Å². The van der Waals surface area contributed by atoms with Crippen molar-refractivity contribution >= 4 is 48.5 Å². The lowest BCUT2D eigenvalue weighted by molar-refractivity contribution is -0.274. The molecule has 0 atom stereocenters. The molecule has 134 valence electrons. The van der Waals surface area contributed by atoms with Crippen molar-refractivity contribution in [3.8, 4) is 5.75 Å². The highest BCUT2D eigenvalue weighted by Gasteiger charge is 2.31. The first-order valence-electron chi connectivity index (χ1n) is 6.36. The second-order valence-corrected chi connectivity index (χ2v) is 7.44. The van der Waals surface area contributed by atoms with Crippen LogP contribution in [0.2, 0.25) is 0 Å². The summed E-state index contributed by atoms with van der Waals surface area (Å²) in [5.41, 5.74) is -0.172. The van der Waals surface area contributed by atoms with Gasteiger partial charge in [-0.2, -0.15) is 0 Å². The quantitative estimate of drug-likeness (QED) is 0.669. The summed E-state index contributed by atoms with van der Waals surface area (Å²) in [4.78, 5) is 11.1. The van der Waals surface area contributed by atoms with Crippen LogP contribution in [0.15, 0.2) is 51.8 Å². The van der Waals surface area contributed by atoms with Crippen molar-refractivity contribution in [1.82, 2.24) is 0 Å². The fourth-order valence-electron chi connectivity index (χ4n) is 1.81. The second-order valence-electron chi connectivity index (χ2n) is 4.56. The molecule has 0 fully saturated rings. The van der Waals surface area contributed by atoms with Crippen LogP contribution in [0, 0.1) is 0 Å². The van der Waals surface area contributed by atoms with Gasteiger partial charge in [0.15, 0.2) is 0 Å². The Morgan fingerprint density at radius 1 is 1.12 bits per heavy atom. The van der Waals surface area contributed by atoms with Crippen LogP contribution in [0.5, 0.6) is 5.75 Å². The van der Waals surface area contributed by atoms with Gasteiger partial charge in [0, 0.05) is 4.47 Å². The van der Waals surface area contributed by atoms with E-state index in [0.717, 1.165) is 24.3 Å². The molecule has 0 saturated heterocycles. The van der Waals surface area contributed by atoms with Gasteiger partial charge in [0.25, 0.3) is 15.3 Å². The number of anilines is 1. The number of alkyl halides is 3. The smallest absolute Gasteiger partial charge is 0.406 e. The van der Waals surface area contributed by atoms with E-state index in [4.69, 9.17) is 11.6 Å². The summed E-state index contributed by atoms with van der Waals surface area (Å²) in [6.07, 6.45) is -4.89. The van der Waals surface area contributed by atoms with E-state index < -0.39 is 27.4 Å². The van der Waals surface area contributed by atoms with Crippen molar-refractivity contribution in [3.05, 3.63) is 52.5 Å². The SMILES string of the molecule is O=C(Cl)c1cccc(Br)c1NS(=O)(=O)c1ccc(OC(F)(F)F)cc1. The third-order valence-electron chi connectivity index (χ3n) is 2.83. The van der Waals surface area contributed by atoms with Crippen molar-refractivity contribution in [2.45, 2.75) is 11.3 Å². The number of carbonyl (C=O) groups excluding carboxylic acids is 1. The summed E-state index contributed by atoms with van der Waals surface area (Å²) >= 11 is 8.52. The molecule has 0 saturated carbocycles. The van der Waals surface area contributed by atoms with Crippen molar-refractivity contribution in [2.24, 2.45) is 0 Å². The van der Waals surface area contributed by atoms with Crippen molar-refractivity contribution < 1.29 is 31.1 Å². The monoisotopic (exact) mass is 457 g/mol. The van der Waals surface area contributed by atoms with E-state index >= 15 is 0 Å². The number of para-hydroxylation sites is 1. The first kappa shape index (κ1) is 19.5. The zero-order valence-electron chi connectivity index (χ0n) is 12.0. The molecule has 0 radical (unpaired) electrons. The lowest BCUT2D eigenvalue weighted by Crippen LogP contribution is -2.18. The molecule has 2 rings (SSSR count). The Hall–Kier alpha value is -1.78. The van der Waals surface area contributed by atoms with Crippen LogP contribution < -0.4 is 9.46 Å². The van der Waals surface area contributed by atoms with Gasteiger partial charge in [-0.15, -0.1) is 13.2 Å². The maximum absolute atomic E-state index is 12.4. The van der Waals surface area contributed by atoms with Crippen LogP contribution in [0.25, 0.3) is 0 Å². The number of ether oxygens (including phenoxy) is 1. The maximum Gasteiger partial charge on any atom is 0.573 e. The zero-order valence-corrected chi connectivity index (χ0v) is 15.1. The molecule has 5 nitrogen and oxygen atoms in total. The number of hydrogen-bond donors (Lipinski definition) is 1. The number of sulfonamides is 1. The summed E-state index contributed by atoms with van der Waals surface area (Å²) in [6.45, 7) is 0. The molecule has 0 aliphatic heterocycles. The largest absolute Gasteiger partial charge is 0.573 e. The van der Waals surface area contributed by atoms with Crippen molar-refractivity contribution in [2.75, 3.05) is 4.72 Å². The molecule has 25 heavy (non-hydrogen) atoms. The van der Waals surface area contributed by atoms with E-state index in [2.05, 4.69) is 25.4 Å². The Kier molecular flexibility index (Phi) is 5.65. The van der Waals surface area contributed by atoms with Crippen LogP contribution in [0.4, 0.5) is 18.9 Å². The van der Waals surface area contributed by atoms with Gasteiger partial charge in [-0.05, 0) is 63.9 Å². The molecule has 11 heteroatoms. The summed E-state index contributed by atoms with van der Waals surface area (Å²) in [5, 5.41) is -0.882. The van der Waals surface area contributed by atoms with E-state index in [1.165, 1.54) is 18.2 Å². The van der Waals surface area contributed by atoms with Crippen LogP contribution in [0.3, 0.4) is 0 Å². The molecule has 0 aliphatic carbocycles. The Morgan fingerprint density at radius 3 is 2.24 bits per heavy atom. The number of hydrogen-bond acceptors (Lipinski definition) is 4. The fraction of sp³-hybridized carbons (Fsp3) is 0.0714. The molecule has 2 aromatic rings. The molecule has 0 spiro atoms. The highest BCUT2D eigenvalue weighted by Crippen LogP contribution is 2.30. The number of nitrogens with one attached hydrogen (secondary N) is 1. The topological polar surface area (TPSA) is 72.5 Å². The van der Waals surface area contributed by atoms with Gasteiger partial charge in [-0.25, -0.2) is 8.42 Å². The van der Waals surface area contributed by atoms with Gasteiger partial charge in [-0.3, -0.25) is 9.52 Å². The Labute approximate surface area is 153 Å². The molecule has 0 unspecified atom stereocenters. The first-order valence-corrected chi connectivity index (χ1v) is 9.02. The van der Waals surface area contributed by atoms with Gasteiger partial charge in [0.1, 0.15) is 5.75 Å². The molecule has 0 heterocycles. The maximum atomic E-state index is 12.4. The van der Waals surface area contributed by atoms with Gasteiger partial charge < -0.3 is 4.74 Å². The molecule has 0 bridgehead atoms. The predicted molar refractivity (Wildman–Crippen MR) is 88.3 cm³/mol. The molecule has 1 N–H and O–H groups in total. The molecule has 0 aliphatic rings. The predicted octanol–water partition coefficient (Wildman–Crippen LogP) is 4.53. The van der Waals surface area contributed by atoms with Crippen LogP contribution in [-0.2, 0) is 10.0 Å². The summed E-state index contributed by atoms with van der Waals surface area (Å²) < 4.78 is 67.2. The molecule has 0 amide bonds. The van der Waals surface area contributed by atoms with E-state index in [-0.39, 0.29) is 20.6 Å². The van der Waals surface area contributed by atoms with Crippen LogP contribution in [0.1, 0.15) is 10.4 Å². The third kappa shape index (κ3) is 5.10. The number of rotatable bonds is 5. The average Bonchev–Trinajstić information content (AvgIpc) is 2.48. The Balaban J connectivity index is 2.33. The van der Waals surface area contributed by atoms with Gasteiger partial charge >= 0.3 is 6.36 Å². The fourth-order valence-corrected chi connectivity index (χ4v) is 3.66. The number of halogens is 5. The highest BCUT2D eigenvalue weighted by molar-refractivity contribution is 9.10. The minimum absolute atomic E-state index is 0.0851. The highest BCUT2D eigenvalue weighted by atomic mass is 79.9. The standard InChI is InChI=1S/C14H8BrClF3NO4S/c15-11-3-1-2-10(13(16)21)12(11)20-25(22,23)9-6-4-8(5-7-9)24-14(17,18)19/h1-7,20H. The minimum atomic E-state index is -4.89. The second kappa shape index (κ2) is 7.22. The molecule has 2 aromatic carbocycles. The summed E-state index contributed by atoms with van der Waals surface area (Å²) in [7, 11) is -4.18. The normalized spacial score (nSPS) is 11.9. The van der Waals surface area contributed by atoms with Crippen molar-refractivity contribution in [3.63, 3.8) is 0 Å². The van der Waals surface area contributed by atoms with E-state index in [1.807, 2.05) is 0 Å². The number of benzene rings is 2.